The fourth-order valence-electron chi connectivity index (χ4n) is 2.81. The van der Waals surface area contributed by atoms with Crippen LogP contribution in [0.5, 0.6) is 0 Å². The molecular formula is C15H22N2O3S. The van der Waals surface area contributed by atoms with E-state index in [2.05, 4.69) is 16.0 Å². The predicted octanol–water partition coefficient (Wildman–Crippen LogP) is 2.75. The minimum atomic E-state index is -0.740. The first kappa shape index (κ1) is 15.8. The van der Waals surface area contributed by atoms with E-state index in [1.54, 1.807) is 11.3 Å². The molecule has 21 heavy (non-hydrogen) atoms. The zero-order chi connectivity index (χ0) is 15.2. The lowest BCUT2D eigenvalue weighted by molar-refractivity contribution is -0.144. The Bertz CT molecular complexity index is 501. The number of hydrogen-bond donors (Lipinski definition) is 3. The molecule has 3 N–H and O–H groups in total. The van der Waals surface area contributed by atoms with E-state index in [1.807, 2.05) is 12.3 Å². The maximum absolute atomic E-state index is 11.8. The number of nitrogens with one attached hydrogen (secondary N) is 2. The molecule has 0 bridgehead atoms. The third-order valence-corrected chi connectivity index (χ3v) is 5.06. The van der Waals surface area contributed by atoms with Gasteiger partial charge in [-0.05, 0) is 47.6 Å². The first-order valence-corrected chi connectivity index (χ1v) is 8.28. The lowest BCUT2D eigenvalue weighted by atomic mass is 9.79. The highest BCUT2D eigenvalue weighted by Gasteiger charge is 2.30. The van der Waals surface area contributed by atoms with E-state index in [-0.39, 0.29) is 17.9 Å². The van der Waals surface area contributed by atoms with Crippen LogP contribution >= 0.6 is 11.3 Å². The molecule has 1 aromatic rings. The molecule has 2 amide bonds. The molecule has 6 heteroatoms. The highest BCUT2D eigenvalue weighted by atomic mass is 32.1. The van der Waals surface area contributed by atoms with Crippen LogP contribution in [-0.4, -0.2) is 23.7 Å². The standard InChI is InChI=1S/C15H22N2O3S/c1-10-8-21-9-12(10)7-17-15(20)16-6-11-4-2-3-5-13(11)14(18)19/h8-9,11,13H,2-7H2,1H3,(H,18,19)(H2,16,17,20). The van der Waals surface area contributed by atoms with E-state index >= 15 is 0 Å². The molecule has 0 radical (unpaired) electrons. The minimum Gasteiger partial charge on any atom is -0.481 e. The van der Waals surface area contributed by atoms with E-state index in [1.165, 1.54) is 5.56 Å². The fourth-order valence-corrected chi connectivity index (χ4v) is 3.66. The van der Waals surface area contributed by atoms with Crippen molar-refractivity contribution in [2.24, 2.45) is 11.8 Å². The summed E-state index contributed by atoms with van der Waals surface area (Å²) in [6, 6.07) is -0.227. The molecule has 1 aliphatic carbocycles. The van der Waals surface area contributed by atoms with Gasteiger partial charge in [-0.25, -0.2) is 4.79 Å². The molecule has 2 unspecified atom stereocenters. The Balaban J connectivity index is 1.75. The molecular weight excluding hydrogens is 288 g/mol. The molecule has 5 nitrogen and oxygen atoms in total. The second-order valence-electron chi connectivity index (χ2n) is 5.63. The smallest absolute Gasteiger partial charge is 0.315 e. The molecule has 2 atom stereocenters. The number of aliphatic carboxylic acids is 1. The zero-order valence-electron chi connectivity index (χ0n) is 12.2. The van der Waals surface area contributed by atoms with Crippen LogP contribution < -0.4 is 10.6 Å². The number of urea groups is 1. The van der Waals surface area contributed by atoms with Gasteiger partial charge in [0.2, 0.25) is 0 Å². The topological polar surface area (TPSA) is 78.4 Å². The summed E-state index contributed by atoms with van der Waals surface area (Å²) in [5.41, 5.74) is 2.30. The van der Waals surface area contributed by atoms with Gasteiger partial charge in [-0.2, -0.15) is 11.3 Å². The average molecular weight is 310 g/mol. The van der Waals surface area contributed by atoms with E-state index in [4.69, 9.17) is 0 Å². The van der Waals surface area contributed by atoms with Crippen molar-refractivity contribution in [3.63, 3.8) is 0 Å². The van der Waals surface area contributed by atoms with Gasteiger partial charge in [0.1, 0.15) is 0 Å². The van der Waals surface area contributed by atoms with Crippen LogP contribution in [0.15, 0.2) is 10.8 Å². The van der Waals surface area contributed by atoms with E-state index in [0.29, 0.717) is 13.1 Å². The third kappa shape index (κ3) is 4.46. The highest BCUT2D eigenvalue weighted by Crippen LogP contribution is 2.29. The normalized spacial score (nSPS) is 21.8. The maximum atomic E-state index is 11.8. The van der Waals surface area contributed by atoms with Gasteiger partial charge in [-0.3, -0.25) is 4.79 Å². The lowest BCUT2D eigenvalue weighted by Gasteiger charge is -2.28. The number of carboxylic acids is 1. The minimum absolute atomic E-state index is 0.0462. The average Bonchev–Trinajstić information content (AvgIpc) is 2.88. The van der Waals surface area contributed by atoms with Crippen molar-refractivity contribution in [2.45, 2.75) is 39.2 Å². The van der Waals surface area contributed by atoms with Crippen molar-refractivity contribution >= 4 is 23.3 Å². The van der Waals surface area contributed by atoms with E-state index < -0.39 is 5.97 Å². The Morgan fingerprint density at radius 3 is 2.71 bits per heavy atom. The van der Waals surface area contributed by atoms with Gasteiger partial charge in [0.15, 0.2) is 0 Å². The van der Waals surface area contributed by atoms with Crippen LogP contribution in [0.2, 0.25) is 0 Å². The van der Waals surface area contributed by atoms with Crippen molar-refractivity contribution in [3.05, 3.63) is 21.9 Å². The summed E-state index contributed by atoms with van der Waals surface area (Å²) in [7, 11) is 0. The second kappa shape index (κ2) is 7.45. The van der Waals surface area contributed by atoms with Crippen LogP contribution in [-0.2, 0) is 11.3 Å². The Labute approximate surface area is 128 Å². The SMILES string of the molecule is Cc1cscc1CNC(=O)NCC1CCCCC1C(=O)O. The Morgan fingerprint density at radius 2 is 2.05 bits per heavy atom. The summed E-state index contributed by atoms with van der Waals surface area (Å²) < 4.78 is 0. The predicted molar refractivity (Wildman–Crippen MR) is 82.4 cm³/mol. The van der Waals surface area contributed by atoms with Crippen LogP contribution in [0, 0.1) is 18.8 Å². The van der Waals surface area contributed by atoms with Gasteiger partial charge in [-0.15, -0.1) is 0 Å². The molecule has 0 aliphatic heterocycles. The molecule has 2 rings (SSSR count). The number of hydrogen-bond acceptors (Lipinski definition) is 3. The molecule has 1 heterocycles. The van der Waals surface area contributed by atoms with Gasteiger partial charge in [0, 0.05) is 13.1 Å². The van der Waals surface area contributed by atoms with Gasteiger partial charge >= 0.3 is 12.0 Å². The monoisotopic (exact) mass is 310 g/mol. The number of carbonyl (C=O) groups excluding carboxylic acids is 1. The summed E-state index contributed by atoms with van der Waals surface area (Å²) >= 11 is 1.62. The van der Waals surface area contributed by atoms with Gasteiger partial charge in [0.05, 0.1) is 5.92 Å². The van der Waals surface area contributed by atoms with Crippen molar-refractivity contribution in [1.29, 1.82) is 0 Å². The van der Waals surface area contributed by atoms with E-state index in [9.17, 15) is 14.7 Å². The molecule has 0 aromatic carbocycles. The molecule has 0 saturated heterocycles. The maximum Gasteiger partial charge on any atom is 0.315 e. The van der Waals surface area contributed by atoms with Crippen LogP contribution in [0.3, 0.4) is 0 Å². The molecule has 1 aliphatic rings. The number of amides is 2. The Morgan fingerprint density at radius 1 is 1.29 bits per heavy atom. The first-order valence-electron chi connectivity index (χ1n) is 7.34. The van der Waals surface area contributed by atoms with Crippen LogP contribution in [0.25, 0.3) is 0 Å². The zero-order valence-corrected chi connectivity index (χ0v) is 13.0. The van der Waals surface area contributed by atoms with Gasteiger partial charge in [-0.1, -0.05) is 12.8 Å². The number of aryl methyl sites for hydroxylation is 1. The van der Waals surface area contributed by atoms with Crippen LogP contribution in [0.1, 0.15) is 36.8 Å². The fraction of sp³-hybridized carbons (Fsp3) is 0.600. The molecule has 1 aromatic heterocycles. The number of carboxylic acid groups (broad SMARTS) is 1. The summed E-state index contributed by atoms with van der Waals surface area (Å²) in [5, 5.41) is 18.9. The Hall–Kier alpha value is -1.56. The molecule has 116 valence electrons. The summed E-state index contributed by atoms with van der Waals surface area (Å²) in [6.07, 6.45) is 3.61. The van der Waals surface area contributed by atoms with Gasteiger partial charge < -0.3 is 15.7 Å². The number of thiophene rings is 1. The molecule has 1 fully saturated rings. The van der Waals surface area contributed by atoms with Crippen molar-refractivity contribution in [1.82, 2.24) is 10.6 Å². The lowest BCUT2D eigenvalue weighted by Crippen LogP contribution is -2.41. The van der Waals surface area contributed by atoms with Crippen molar-refractivity contribution < 1.29 is 14.7 Å². The van der Waals surface area contributed by atoms with Gasteiger partial charge in [0.25, 0.3) is 0 Å². The summed E-state index contributed by atoms with van der Waals surface area (Å²) in [5.74, 6) is -1.01. The third-order valence-electron chi connectivity index (χ3n) is 4.15. The molecule has 0 spiro atoms. The largest absolute Gasteiger partial charge is 0.481 e. The quantitative estimate of drug-likeness (QED) is 0.782. The highest BCUT2D eigenvalue weighted by molar-refractivity contribution is 7.08. The first-order chi connectivity index (χ1) is 10.1. The summed E-state index contributed by atoms with van der Waals surface area (Å²) in [4.78, 5) is 23.0. The second-order valence-corrected chi connectivity index (χ2v) is 6.38. The number of rotatable bonds is 5. The molecule has 1 saturated carbocycles. The summed E-state index contributed by atoms with van der Waals surface area (Å²) in [6.45, 7) is 2.96. The van der Waals surface area contributed by atoms with Crippen molar-refractivity contribution in [2.75, 3.05) is 6.54 Å². The Kier molecular flexibility index (Phi) is 5.61. The number of carbonyl (C=O) groups is 2. The van der Waals surface area contributed by atoms with Crippen LogP contribution in [0.4, 0.5) is 4.79 Å². The van der Waals surface area contributed by atoms with E-state index in [0.717, 1.165) is 31.2 Å². The van der Waals surface area contributed by atoms with Crippen molar-refractivity contribution in [3.8, 4) is 0 Å².